The van der Waals surface area contributed by atoms with Crippen LogP contribution in [0, 0.1) is 6.92 Å². The van der Waals surface area contributed by atoms with Gasteiger partial charge in [-0.25, -0.2) is 0 Å². The van der Waals surface area contributed by atoms with Gasteiger partial charge in [0.05, 0.1) is 0 Å². The van der Waals surface area contributed by atoms with Crippen LogP contribution < -0.4 is 5.32 Å². The minimum absolute atomic E-state index is 0.0643. The molecule has 7 nitrogen and oxygen atoms in total. The van der Waals surface area contributed by atoms with Gasteiger partial charge in [0.2, 0.25) is 5.91 Å². The lowest BCUT2D eigenvalue weighted by molar-refractivity contribution is -0.132. The van der Waals surface area contributed by atoms with Gasteiger partial charge >= 0.3 is 0 Å². The number of thiocarbonyl (C=S) groups is 1. The number of aryl methyl sites for hydroxylation is 1. The highest BCUT2D eigenvalue weighted by molar-refractivity contribution is 7.80. The van der Waals surface area contributed by atoms with Gasteiger partial charge in [-0.1, -0.05) is 42.0 Å². The molecule has 3 aromatic carbocycles. The molecule has 8 heteroatoms. The molecule has 0 unspecified atom stereocenters. The summed E-state index contributed by atoms with van der Waals surface area (Å²) in [4.78, 5) is 44.0. The molecule has 0 spiro atoms. The highest BCUT2D eigenvalue weighted by atomic mass is 32.1. The van der Waals surface area contributed by atoms with E-state index >= 15 is 0 Å². The first-order valence-corrected chi connectivity index (χ1v) is 12.1. The summed E-state index contributed by atoms with van der Waals surface area (Å²) in [6.07, 6.45) is 0.0989. The topological polar surface area (TPSA) is 73.0 Å². The lowest BCUT2D eigenvalue weighted by Gasteiger charge is -2.36. The van der Waals surface area contributed by atoms with Crippen LogP contribution in [0.15, 0.2) is 60.7 Å². The predicted octanol–water partition coefficient (Wildman–Crippen LogP) is 3.68. The number of nitrogens with zero attached hydrogens (tertiary/aromatic N) is 3. The molecule has 178 valence electrons. The minimum atomic E-state index is -0.343. The quantitative estimate of drug-likeness (QED) is 0.448. The fraction of sp³-hybridized carbons (Fsp3) is 0.259. The van der Waals surface area contributed by atoms with Crippen LogP contribution in [0.4, 0.5) is 5.69 Å². The zero-order chi connectivity index (χ0) is 24.5. The second kappa shape index (κ2) is 9.46. The van der Waals surface area contributed by atoms with Crippen molar-refractivity contribution in [3.8, 4) is 0 Å². The molecule has 0 saturated carbocycles. The first-order valence-electron chi connectivity index (χ1n) is 11.7. The molecule has 1 fully saturated rings. The van der Waals surface area contributed by atoms with Gasteiger partial charge in [-0.15, -0.1) is 0 Å². The Labute approximate surface area is 209 Å². The van der Waals surface area contributed by atoms with Gasteiger partial charge < -0.3 is 15.1 Å². The van der Waals surface area contributed by atoms with Crippen LogP contribution in [-0.2, 0) is 4.79 Å². The van der Waals surface area contributed by atoms with Crippen molar-refractivity contribution in [3.63, 3.8) is 0 Å². The van der Waals surface area contributed by atoms with E-state index in [-0.39, 0.29) is 30.7 Å². The van der Waals surface area contributed by atoms with Crippen LogP contribution in [0.5, 0.6) is 0 Å². The summed E-state index contributed by atoms with van der Waals surface area (Å²) in [7, 11) is 0. The number of imide groups is 1. The minimum Gasteiger partial charge on any atom is -0.345 e. The van der Waals surface area contributed by atoms with E-state index in [2.05, 4.69) is 5.32 Å². The van der Waals surface area contributed by atoms with Crippen LogP contribution in [-0.4, -0.2) is 70.3 Å². The Balaban J connectivity index is 1.16. The standard InChI is InChI=1S/C27H26N4O3S/c1-18-8-10-20(11-9-18)28-27(35)30-16-14-29(15-17-30)23(32)12-13-31-25(33)21-6-2-4-19-5-3-7-22(24(19)21)26(31)34/h2-11H,12-17H2,1H3,(H,28,35). The largest absolute Gasteiger partial charge is 0.345 e. The molecule has 1 N–H and O–H groups in total. The molecule has 0 bridgehead atoms. The molecule has 2 aliphatic heterocycles. The molecule has 2 heterocycles. The smallest absolute Gasteiger partial charge is 0.261 e. The molecule has 2 aliphatic rings. The highest BCUT2D eigenvalue weighted by Crippen LogP contribution is 2.30. The zero-order valence-corrected chi connectivity index (χ0v) is 20.3. The molecule has 3 amide bonds. The highest BCUT2D eigenvalue weighted by Gasteiger charge is 2.33. The number of amides is 3. The van der Waals surface area contributed by atoms with Gasteiger partial charge in [0.1, 0.15) is 0 Å². The SMILES string of the molecule is Cc1ccc(NC(=S)N2CCN(C(=O)CCN3C(=O)c4cccc5cccc(c45)C3=O)CC2)cc1. The average molecular weight is 487 g/mol. The van der Waals surface area contributed by atoms with Gasteiger partial charge in [0.15, 0.2) is 5.11 Å². The lowest BCUT2D eigenvalue weighted by atomic mass is 9.94. The van der Waals surface area contributed by atoms with Crippen LogP contribution >= 0.6 is 12.2 Å². The maximum atomic E-state index is 13.0. The van der Waals surface area contributed by atoms with Gasteiger partial charge in [-0.3, -0.25) is 19.3 Å². The molecule has 0 aromatic heterocycles. The first-order chi connectivity index (χ1) is 16.9. The summed E-state index contributed by atoms with van der Waals surface area (Å²) in [5.41, 5.74) is 3.14. The third-order valence-electron chi connectivity index (χ3n) is 6.63. The fourth-order valence-electron chi connectivity index (χ4n) is 4.65. The molecule has 5 rings (SSSR count). The Morgan fingerprint density at radius 1 is 0.857 bits per heavy atom. The second-order valence-corrected chi connectivity index (χ2v) is 9.27. The third kappa shape index (κ3) is 4.49. The van der Waals surface area contributed by atoms with E-state index in [4.69, 9.17) is 12.2 Å². The maximum Gasteiger partial charge on any atom is 0.261 e. The van der Waals surface area contributed by atoms with E-state index in [1.165, 1.54) is 10.5 Å². The summed E-state index contributed by atoms with van der Waals surface area (Å²) in [6.45, 7) is 4.43. The van der Waals surface area contributed by atoms with Crippen molar-refractivity contribution in [2.24, 2.45) is 0 Å². The van der Waals surface area contributed by atoms with Crippen molar-refractivity contribution >= 4 is 51.5 Å². The number of carbonyl (C=O) groups excluding carboxylic acids is 3. The average Bonchev–Trinajstić information content (AvgIpc) is 2.88. The van der Waals surface area contributed by atoms with Crippen molar-refractivity contribution in [1.82, 2.24) is 14.7 Å². The molecule has 3 aromatic rings. The van der Waals surface area contributed by atoms with E-state index in [0.717, 1.165) is 11.1 Å². The summed E-state index contributed by atoms with van der Waals surface area (Å²) in [5, 5.41) is 5.45. The molecule has 0 atom stereocenters. The Hall–Kier alpha value is -3.78. The van der Waals surface area contributed by atoms with Gasteiger partial charge in [0.25, 0.3) is 11.8 Å². The normalized spacial score (nSPS) is 15.5. The van der Waals surface area contributed by atoms with Crippen molar-refractivity contribution in [2.75, 3.05) is 38.0 Å². The fourth-order valence-corrected chi connectivity index (χ4v) is 4.95. The van der Waals surface area contributed by atoms with Crippen LogP contribution in [0.3, 0.4) is 0 Å². The number of rotatable bonds is 4. The molecule has 0 radical (unpaired) electrons. The Morgan fingerprint density at radius 3 is 2.03 bits per heavy atom. The number of anilines is 1. The Kier molecular flexibility index (Phi) is 6.21. The van der Waals surface area contributed by atoms with Gasteiger partial charge in [-0.2, -0.15) is 0 Å². The van der Waals surface area contributed by atoms with E-state index in [1.54, 1.807) is 17.0 Å². The van der Waals surface area contributed by atoms with Crippen LogP contribution in [0.1, 0.15) is 32.7 Å². The number of benzene rings is 3. The van der Waals surface area contributed by atoms with Gasteiger partial charge in [0, 0.05) is 61.3 Å². The summed E-state index contributed by atoms with van der Waals surface area (Å²) >= 11 is 5.54. The van der Waals surface area contributed by atoms with E-state index in [9.17, 15) is 14.4 Å². The molecule has 35 heavy (non-hydrogen) atoms. The first kappa shape index (κ1) is 23.0. The second-order valence-electron chi connectivity index (χ2n) is 8.89. The maximum absolute atomic E-state index is 13.0. The lowest BCUT2D eigenvalue weighted by Crippen LogP contribution is -2.52. The van der Waals surface area contributed by atoms with E-state index in [1.807, 2.05) is 60.4 Å². The van der Waals surface area contributed by atoms with Gasteiger partial charge in [-0.05, 0) is 48.8 Å². The monoisotopic (exact) mass is 486 g/mol. The predicted molar refractivity (Wildman–Crippen MR) is 139 cm³/mol. The Bertz CT molecular complexity index is 1280. The number of hydrogen-bond donors (Lipinski definition) is 1. The summed E-state index contributed by atoms with van der Waals surface area (Å²) in [5.74, 6) is -0.756. The number of nitrogens with one attached hydrogen (secondary N) is 1. The number of piperazine rings is 1. The van der Waals surface area contributed by atoms with E-state index < -0.39 is 0 Å². The van der Waals surface area contributed by atoms with E-state index in [0.29, 0.717) is 47.8 Å². The van der Waals surface area contributed by atoms with Crippen LogP contribution in [0.25, 0.3) is 10.8 Å². The van der Waals surface area contributed by atoms with Crippen molar-refractivity contribution in [2.45, 2.75) is 13.3 Å². The number of hydrogen-bond acceptors (Lipinski definition) is 4. The molecule has 1 saturated heterocycles. The molecular formula is C27H26N4O3S. The van der Waals surface area contributed by atoms with Crippen molar-refractivity contribution < 1.29 is 14.4 Å². The Morgan fingerprint density at radius 2 is 1.43 bits per heavy atom. The molecular weight excluding hydrogens is 460 g/mol. The molecule has 0 aliphatic carbocycles. The van der Waals surface area contributed by atoms with Crippen LogP contribution in [0.2, 0.25) is 0 Å². The summed E-state index contributed by atoms with van der Waals surface area (Å²) < 4.78 is 0. The van der Waals surface area contributed by atoms with Crippen molar-refractivity contribution in [3.05, 3.63) is 77.4 Å². The zero-order valence-electron chi connectivity index (χ0n) is 19.5. The van der Waals surface area contributed by atoms with Crippen molar-refractivity contribution in [1.29, 1.82) is 0 Å². The third-order valence-corrected chi connectivity index (χ3v) is 6.99. The summed E-state index contributed by atoms with van der Waals surface area (Å²) in [6, 6.07) is 18.9. The number of carbonyl (C=O) groups is 3.